The number of nitrogens with two attached hydrogens (primary N) is 1. The van der Waals surface area contributed by atoms with Crippen LogP contribution >= 0.6 is 0 Å². The molecule has 0 aliphatic rings. The van der Waals surface area contributed by atoms with E-state index in [-0.39, 0.29) is 11.9 Å². The summed E-state index contributed by atoms with van der Waals surface area (Å²) in [6, 6.07) is 0.128. The van der Waals surface area contributed by atoms with Crippen LogP contribution in [0.5, 0.6) is 0 Å². The van der Waals surface area contributed by atoms with Crippen molar-refractivity contribution in [2.75, 3.05) is 13.6 Å². The molecule has 1 atom stereocenters. The number of amides is 1. The molecule has 5 nitrogen and oxygen atoms in total. The fraction of sp³-hybridized carbons (Fsp3) is 0.500. The van der Waals surface area contributed by atoms with Crippen LogP contribution in [0.15, 0.2) is 18.7 Å². The van der Waals surface area contributed by atoms with Gasteiger partial charge in [-0.1, -0.05) is 0 Å². The lowest BCUT2D eigenvalue weighted by Gasteiger charge is -2.24. The number of rotatable bonds is 4. The van der Waals surface area contributed by atoms with Crippen molar-refractivity contribution in [2.24, 2.45) is 5.73 Å². The summed E-state index contributed by atoms with van der Waals surface area (Å²) in [5.41, 5.74) is 5.95. The molecule has 0 aromatic carbocycles. The quantitative estimate of drug-likeness (QED) is 0.771. The Labute approximate surface area is 89.3 Å². The molecule has 1 amide bonds. The lowest BCUT2D eigenvalue weighted by Crippen LogP contribution is -2.36. The van der Waals surface area contributed by atoms with Crippen molar-refractivity contribution in [1.29, 1.82) is 0 Å². The second-order valence-electron chi connectivity index (χ2n) is 3.47. The van der Waals surface area contributed by atoms with Crippen molar-refractivity contribution < 1.29 is 4.79 Å². The van der Waals surface area contributed by atoms with Gasteiger partial charge in [0.15, 0.2) is 0 Å². The summed E-state index contributed by atoms with van der Waals surface area (Å²) in [7, 11) is 1.76. The third-order valence-corrected chi connectivity index (χ3v) is 2.37. The molecule has 0 saturated heterocycles. The van der Waals surface area contributed by atoms with Crippen LogP contribution in [0.4, 0.5) is 0 Å². The lowest BCUT2D eigenvalue weighted by molar-refractivity contribution is 0.0738. The summed E-state index contributed by atoms with van der Waals surface area (Å²) < 4.78 is 0. The van der Waals surface area contributed by atoms with E-state index in [1.165, 1.54) is 18.7 Å². The van der Waals surface area contributed by atoms with Gasteiger partial charge < -0.3 is 10.6 Å². The number of nitrogens with zero attached hydrogens (tertiary/aromatic N) is 3. The van der Waals surface area contributed by atoms with E-state index in [9.17, 15) is 4.79 Å². The number of carbonyl (C=O) groups excluding carboxylic acids is 1. The van der Waals surface area contributed by atoms with Crippen molar-refractivity contribution >= 4 is 5.91 Å². The van der Waals surface area contributed by atoms with Gasteiger partial charge in [-0.3, -0.25) is 4.79 Å². The molecule has 1 aromatic rings. The molecule has 1 rings (SSSR count). The number of aromatic nitrogens is 2. The van der Waals surface area contributed by atoms with E-state index in [1.54, 1.807) is 11.9 Å². The summed E-state index contributed by atoms with van der Waals surface area (Å²) in [6.07, 6.45) is 5.22. The van der Waals surface area contributed by atoms with Gasteiger partial charge in [-0.25, -0.2) is 9.97 Å². The Hall–Kier alpha value is -1.49. The van der Waals surface area contributed by atoms with Crippen LogP contribution < -0.4 is 5.73 Å². The third-order valence-electron chi connectivity index (χ3n) is 2.37. The Balaban J connectivity index is 2.69. The van der Waals surface area contributed by atoms with E-state index >= 15 is 0 Å². The van der Waals surface area contributed by atoms with Crippen LogP contribution in [0.2, 0.25) is 0 Å². The van der Waals surface area contributed by atoms with Crippen molar-refractivity contribution in [1.82, 2.24) is 14.9 Å². The van der Waals surface area contributed by atoms with Gasteiger partial charge in [0.05, 0.1) is 5.56 Å². The SMILES string of the molecule is CC(CCN)N(C)C(=O)c1cncnc1. The number of hydrogen-bond donors (Lipinski definition) is 1. The smallest absolute Gasteiger partial charge is 0.256 e. The zero-order valence-electron chi connectivity index (χ0n) is 9.05. The van der Waals surface area contributed by atoms with Crippen LogP contribution in [0, 0.1) is 0 Å². The normalized spacial score (nSPS) is 12.2. The van der Waals surface area contributed by atoms with E-state index in [4.69, 9.17) is 5.73 Å². The molecule has 0 saturated carbocycles. The Bertz CT molecular complexity index is 314. The maximum Gasteiger partial charge on any atom is 0.256 e. The van der Waals surface area contributed by atoms with Gasteiger partial charge in [0.25, 0.3) is 5.91 Å². The summed E-state index contributed by atoms with van der Waals surface area (Å²) in [5.74, 6) is -0.0726. The summed E-state index contributed by atoms with van der Waals surface area (Å²) in [5, 5.41) is 0. The standard InChI is InChI=1S/C10H16N4O/c1-8(3-4-11)14(2)10(15)9-5-12-7-13-6-9/h5-8H,3-4,11H2,1-2H3. The first-order valence-corrected chi connectivity index (χ1v) is 4.89. The second kappa shape index (κ2) is 5.41. The first kappa shape index (κ1) is 11.6. The first-order chi connectivity index (χ1) is 7.16. The highest BCUT2D eigenvalue weighted by Crippen LogP contribution is 2.06. The van der Waals surface area contributed by atoms with Gasteiger partial charge in [-0.15, -0.1) is 0 Å². The predicted octanol–water partition coefficient (Wildman–Crippen LogP) is 0.286. The molecule has 1 unspecified atom stereocenters. The lowest BCUT2D eigenvalue weighted by atomic mass is 10.2. The first-order valence-electron chi connectivity index (χ1n) is 4.89. The maximum absolute atomic E-state index is 11.9. The van der Waals surface area contributed by atoms with Crippen LogP contribution in [0.3, 0.4) is 0 Å². The van der Waals surface area contributed by atoms with E-state index in [0.29, 0.717) is 12.1 Å². The van der Waals surface area contributed by atoms with Gasteiger partial charge >= 0.3 is 0 Å². The fourth-order valence-electron chi connectivity index (χ4n) is 1.25. The minimum absolute atomic E-state index is 0.0726. The monoisotopic (exact) mass is 208 g/mol. The molecule has 0 bridgehead atoms. The number of carbonyl (C=O) groups is 1. The molecule has 1 heterocycles. The molecule has 0 fully saturated rings. The van der Waals surface area contributed by atoms with E-state index in [0.717, 1.165) is 6.42 Å². The fourth-order valence-corrected chi connectivity index (χ4v) is 1.25. The van der Waals surface area contributed by atoms with E-state index in [2.05, 4.69) is 9.97 Å². The zero-order valence-corrected chi connectivity index (χ0v) is 9.05. The molecule has 15 heavy (non-hydrogen) atoms. The maximum atomic E-state index is 11.9. The molecule has 0 spiro atoms. The minimum Gasteiger partial charge on any atom is -0.339 e. The largest absolute Gasteiger partial charge is 0.339 e. The van der Waals surface area contributed by atoms with E-state index < -0.39 is 0 Å². The Morgan fingerprint density at radius 3 is 2.67 bits per heavy atom. The van der Waals surface area contributed by atoms with Gasteiger partial charge in [0.1, 0.15) is 6.33 Å². The van der Waals surface area contributed by atoms with Crippen molar-refractivity contribution in [3.63, 3.8) is 0 Å². The average molecular weight is 208 g/mol. The van der Waals surface area contributed by atoms with Crippen molar-refractivity contribution in [2.45, 2.75) is 19.4 Å². The summed E-state index contributed by atoms with van der Waals surface area (Å²) in [6.45, 7) is 2.54. The Kier molecular flexibility index (Phi) is 4.17. The van der Waals surface area contributed by atoms with Crippen LogP contribution in [0.1, 0.15) is 23.7 Å². The molecular formula is C10H16N4O. The summed E-state index contributed by atoms with van der Waals surface area (Å²) in [4.78, 5) is 21.1. The number of hydrogen-bond acceptors (Lipinski definition) is 4. The highest BCUT2D eigenvalue weighted by Gasteiger charge is 2.16. The predicted molar refractivity (Wildman–Crippen MR) is 57.3 cm³/mol. The van der Waals surface area contributed by atoms with Gasteiger partial charge in [-0.05, 0) is 19.9 Å². The molecular weight excluding hydrogens is 192 g/mol. The minimum atomic E-state index is -0.0726. The molecule has 5 heteroatoms. The second-order valence-corrected chi connectivity index (χ2v) is 3.47. The molecule has 0 radical (unpaired) electrons. The molecule has 0 aliphatic heterocycles. The Morgan fingerprint density at radius 1 is 1.53 bits per heavy atom. The molecule has 82 valence electrons. The average Bonchev–Trinajstić information content (AvgIpc) is 2.28. The highest BCUT2D eigenvalue weighted by molar-refractivity contribution is 5.93. The molecule has 1 aromatic heterocycles. The van der Waals surface area contributed by atoms with Crippen molar-refractivity contribution in [3.05, 3.63) is 24.3 Å². The third kappa shape index (κ3) is 2.99. The van der Waals surface area contributed by atoms with Gasteiger partial charge in [0.2, 0.25) is 0 Å². The topological polar surface area (TPSA) is 72.1 Å². The molecule has 2 N–H and O–H groups in total. The highest BCUT2D eigenvalue weighted by atomic mass is 16.2. The van der Waals surface area contributed by atoms with Crippen LogP contribution in [0.25, 0.3) is 0 Å². The van der Waals surface area contributed by atoms with E-state index in [1.807, 2.05) is 6.92 Å². The van der Waals surface area contributed by atoms with Crippen molar-refractivity contribution in [3.8, 4) is 0 Å². The summed E-state index contributed by atoms with van der Waals surface area (Å²) >= 11 is 0. The van der Waals surface area contributed by atoms with Gasteiger partial charge in [0, 0.05) is 25.5 Å². The van der Waals surface area contributed by atoms with Gasteiger partial charge in [-0.2, -0.15) is 0 Å². The Morgan fingerprint density at radius 2 is 2.13 bits per heavy atom. The molecule has 0 aliphatic carbocycles. The van der Waals surface area contributed by atoms with Crippen LogP contribution in [-0.4, -0.2) is 40.4 Å². The zero-order chi connectivity index (χ0) is 11.3. The van der Waals surface area contributed by atoms with Crippen LogP contribution in [-0.2, 0) is 0 Å².